The minimum absolute atomic E-state index is 0.140. The third-order valence-corrected chi connectivity index (χ3v) is 5.60. The highest BCUT2D eigenvalue weighted by molar-refractivity contribution is 7.84. The molecule has 3 rings (SSSR count). The van der Waals surface area contributed by atoms with Crippen molar-refractivity contribution < 1.29 is 8.95 Å². The normalized spacial score (nSPS) is 12.5. The zero-order chi connectivity index (χ0) is 15.9. The van der Waals surface area contributed by atoms with Crippen molar-refractivity contribution in [3.05, 3.63) is 46.8 Å². The fraction of sp³-hybridized carbons (Fsp3) is 0.188. The standard InChI is InChI=1S/C16H15NO3S2/c1-17-9-14(22(3)19)15(18)16-12(17)8-13(21-16)10-4-6-11(20-2)7-5-10/h4-9H,1-3H3. The van der Waals surface area contributed by atoms with Gasteiger partial charge in [-0.3, -0.25) is 9.00 Å². The molecule has 0 fully saturated rings. The molecule has 1 aromatic carbocycles. The van der Waals surface area contributed by atoms with E-state index in [0.29, 0.717) is 9.60 Å². The van der Waals surface area contributed by atoms with Gasteiger partial charge in [0.2, 0.25) is 5.43 Å². The lowest BCUT2D eigenvalue weighted by Gasteiger charge is -2.02. The number of nitrogens with zero attached hydrogens (tertiary/aromatic N) is 1. The fourth-order valence-electron chi connectivity index (χ4n) is 2.32. The molecule has 2 heterocycles. The van der Waals surface area contributed by atoms with Crippen LogP contribution in [-0.2, 0) is 17.8 Å². The van der Waals surface area contributed by atoms with Crippen molar-refractivity contribution in [2.75, 3.05) is 13.4 Å². The maximum absolute atomic E-state index is 12.5. The minimum Gasteiger partial charge on any atom is -0.497 e. The van der Waals surface area contributed by atoms with E-state index in [1.54, 1.807) is 13.3 Å². The summed E-state index contributed by atoms with van der Waals surface area (Å²) < 4.78 is 19.4. The van der Waals surface area contributed by atoms with Gasteiger partial charge in [-0.1, -0.05) is 0 Å². The molecule has 0 saturated carbocycles. The lowest BCUT2D eigenvalue weighted by Crippen LogP contribution is -2.12. The number of hydrogen-bond donors (Lipinski definition) is 0. The van der Waals surface area contributed by atoms with Gasteiger partial charge in [0, 0.05) is 24.4 Å². The van der Waals surface area contributed by atoms with Gasteiger partial charge in [0.1, 0.15) is 15.3 Å². The van der Waals surface area contributed by atoms with Gasteiger partial charge in [-0.15, -0.1) is 11.3 Å². The molecule has 0 aliphatic heterocycles. The first kappa shape index (κ1) is 15.0. The van der Waals surface area contributed by atoms with E-state index in [9.17, 15) is 9.00 Å². The highest BCUT2D eigenvalue weighted by Gasteiger charge is 2.14. The molecule has 0 spiro atoms. The lowest BCUT2D eigenvalue weighted by molar-refractivity contribution is 0.415. The lowest BCUT2D eigenvalue weighted by atomic mass is 10.2. The van der Waals surface area contributed by atoms with Gasteiger partial charge in [0.25, 0.3) is 0 Å². The molecular weight excluding hydrogens is 318 g/mol. The molecule has 0 radical (unpaired) electrons. The number of aromatic nitrogens is 1. The summed E-state index contributed by atoms with van der Waals surface area (Å²) in [4.78, 5) is 13.8. The molecule has 4 nitrogen and oxygen atoms in total. The predicted octanol–water partition coefficient (Wildman–Crippen LogP) is 3.01. The summed E-state index contributed by atoms with van der Waals surface area (Å²) in [5, 5.41) is 0. The number of methoxy groups -OCH3 is 1. The molecule has 3 aromatic rings. The minimum atomic E-state index is -1.29. The first-order valence-corrected chi connectivity index (χ1v) is 8.99. The Balaban J connectivity index is 2.21. The van der Waals surface area contributed by atoms with Crippen LogP contribution >= 0.6 is 11.3 Å². The molecule has 2 aromatic heterocycles. The molecular formula is C16H15NO3S2. The third-order valence-electron chi connectivity index (χ3n) is 3.52. The quantitative estimate of drug-likeness (QED) is 0.740. The van der Waals surface area contributed by atoms with Crippen LogP contribution in [0.4, 0.5) is 0 Å². The molecule has 0 aliphatic carbocycles. The van der Waals surface area contributed by atoms with E-state index in [4.69, 9.17) is 4.74 Å². The number of thiophene rings is 1. The van der Waals surface area contributed by atoms with Gasteiger partial charge >= 0.3 is 0 Å². The first-order chi connectivity index (χ1) is 10.5. The summed E-state index contributed by atoms with van der Waals surface area (Å²) in [7, 11) is 2.20. The Kier molecular flexibility index (Phi) is 3.88. The highest BCUT2D eigenvalue weighted by Crippen LogP contribution is 2.32. The van der Waals surface area contributed by atoms with Crippen molar-refractivity contribution in [1.29, 1.82) is 0 Å². The summed E-state index contributed by atoms with van der Waals surface area (Å²) >= 11 is 1.43. The second kappa shape index (κ2) is 5.70. The summed E-state index contributed by atoms with van der Waals surface area (Å²) in [6.45, 7) is 0. The maximum Gasteiger partial charge on any atom is 0.215 e. The number of ether oxygens (including phenoxy) is 1. The van der Waals surface area contributed by atoms with E-state index in [0.717, 1.165) is 21.7 Å². The molecule has 0 aliphatic rings. The number of pyridine rings is 1. The molecule has 0 saturated heterocycles. The van der Waals surface area contributed by atoms with Gasteiger partial charge in [-0.2, -0.15) is 0 Å². The Morgan fingerprint density at radius 1 is 1.23 bits per heavy atom. The molecule has 1 unspecified atom stereocenters. The number of rotatable bonds is 3. The molecule has 114 valence electrons. The molecule has 6 heteroatoms. The summed E-state index contributed by atoms with van der Waals surface area (Å²) in [6, 6.07) is 9.71. The van der Waals surface area contributed by atoms with Crippen molar-refractivity contribution >= 4 is 32.4 Å². The van der Waals surface area contributed by atoms with E-state index in [-0.39, 0.29) is 5.43 Å². The van der Waals surface area contributed by atoms with Crippen LogP contribution in [-0.4, -0.2) is 22.1 Å². The third kappa shape index (κ3) is 2.48. The number of aryl methyl sites for hydroxylation is 1. The highest BCUT2D eigenvalue weighted by atomic mass is 32.2. The number of benzene rings is 1. The second-order valence-corrected chi connectivity index (χ2v) is 7.34. The van der Waals surface area contributed by atoms with Crippen LogP contribution in [0.1, 0.15) is 0 Å². The van der Waals surface area contributed by atoms with Crippen LogP contribution in [0, 0.1) is 0 Å². The van der Waals surface area contributed by atoms with E-state index >= 15 is 0 Å². The number of hydrogen-bond acceptors (Lipinski definition) is 4. The molecule has 0 bridgehead atoms. The van der Waals surface area contributed by atoms with E-state index in [2.05, 4.69) is 0 Å². The van der Waals surface area contributed by atoms with Crippen LogP contribution in [0.2, 0.25) is 0 Å². The van der Waals surface area contributed by atoms with Crippen molar-refractivity contribution in [2.45, 2.75) is 4.90 Å². The van der Waals surface area contributed by atoms with Gasteiger partial charge in [-0.25, -0.2) is 0 Å². The second-order valence-electron chi connectivity index (χ2n) is 4.94. The average Bonchev–Trinajstić information content (AvgIpc) is 2.97. The smallest absolute Gasteiger partial charge is 0.215 e. The van der Waals surface area contributed by atoms with Gasteiger partial charge in [0.05, 0.1) is 23.4 Å². The number of fused-ring (bicyclic) bond motifs is 1. The maximum atomic E-state index is 12.5. The molecule has 1 atom stereocenters. The van der Waals surface area contributed by atoms with Crippen LogP contribution in [0.5, 0.6) is 5.75 Å². The average molecular weight is 333 g/mol. The van der Waals surface area contributed by atoms with E-state index in [1.807, 2.05) is 41.9 Å². The van der Waals surface area contributed by atoms with Crippen LogP contribution in [0.15, 0.2) is 46.2 Å². The largest absolute Gasteiger partial charge is 0.497 e. The summed E-state index contributed by atoms with van der Waals surface area (Å²) in [5.74, 6) is 0.795. The zero-order valence-corrected chi connectivity index (χ0v) is 14.1. The molecule has 22 heavy (non-hydrogen) atoms. The van der Waals surface area contributed by atoms with Crippen molar-refractivity contribution in [2.24, 2.45) is 7.05 Å². The summed E-state index contributed by atoms with van der Waals surface area (Å²) in [6.07, 6.45) is 3.19. The fourth-order valence-corrected chi connectivity index (χ4v) is 4.21. The van der Waals surface area contributed by atoms with Crippen LogP contribution in [0.3, 0.4) is 0 Å². The zero-order valence-electron chi connectivity index (χ0n) is 12.5. The Labute approximate surface area is 134 Å². The first-order valence-electron chi connectivity index (χ1n) is 6.62. The summed E-state index contributed by atoms with van der Waals surface area (Å²) in [5.41, 5.74) is 1.74. The Morgan fingerprint density at radius 2 is 1.91 bits per heavy atom. The van der Waals surface area contributed by atoms with Gasteiger partial charge in [-0.05, 0) is 35.9 Å². The topological polar surface area (TPSA) is 48.3 Å². The van der Waals surface area contributed by atoms with E-state index < -0.39 is 10.8 Å². The van der Waals surface area contributed by atoms with Crippen molar-refractivity contribution in [1.82, 2.24) is 4.57 Å². The van der Waals surface area contributed by atoms with Crippen molar-refractivity contribution in [3.63, 3.8) is 0 Å². The monoisotopic (exact) mass is 333 g/mol. The Bertz CT molecular complexity index is 923. The van der Waals surface area contributed by atoms with Gasteiger partial charge in [0.15, 0.2) is 0 Å². The Hall–Kier alpha value is -1.92. The van der Waals surface area contributed by atoms with Crippen molar-refractivity contribution in [3.8, 4) is 16.2 Å². The predicted molar refractivity (Wildman–Crippen MR) is 91.4 cm³/mol. The van der Waals surface area contributed by atoms with Crippen LogP contribution < -0.4 is 10.2 Å². The van der Waals surface area contributed by atoms with E-state index in [1.165, 1.54) is 17.6 Å². The SMILES string of the molecule is COc1ccc(-c2cc3c(s2)c(=O)c(S(C)=O)cn3C)cc1. The van der Waals surface area contributed by atoms with Gasteiger partial charge < -0.3 is 9.30 Å². The molecule has 0 amide bonds. The van der Waals surface area contributed by atoms with Crippen LogP contribution in [0.25, 0.3) is 20.7 Å². The molecule has 0 N–H and O–H groups in total. The Morgan fingerprint density at radius 3 is 2.50 bits per heavy atom.